The third kappa shape index (κ3) is 4.78. The Kier molecular flexibility index (Phi) is 6.31. The Morgan fingerprint density at radius 2 is 1.75 bits per heavy atom. The van der Waals surface area contributed by atoms with Crippen molar-refractivity contribution >= 4 is 5.69 Å². The van der Waals surface area contributed by atoms with Gasteiger partial charge in [-0.25, -0.2) is 4.39 Å². The number of hydrogen-bond acceptors (Lipinski definition) is 2. The minimum Gasteiger partial charge on any atom is -0.371 e. The van der Waals surface area contributed by atoms with Crippen molar-refractivity contribution in [1.29, 1.82) is 0 Å². The number of halogens is 1. The summed E-state index contributed by atoms with van der Waals surface area (Å²) < 4.78 is 13.0. The van der Waals surface area contributed by atoms with Crippen LogP contribution in [0.25, 0.3) is 0 Å². The van der Waals surface area contributed by atoms with Crippen molar-refractivity contribution in [2.45, 2.75) is 51.5 Å². The molecule has 0 amide bonds. The second-order valence-electron chi connectivity index (χ2n) is 5.70. The van der Waals surface area contributed by atoms with Gasteiger partial charge in [-0.05, 0) is 44.0 Å². The Balaban J connectivity index is 1.77. The van der Waals surface area contributed by atoms with E-state index in [4.69, 9.17) is 0 Å². The highest BCUT2D eigenvalue weighted by Crippen LogP contribution is 2.17. The number of anilines is 1. The summed E-state index contributed by atoms with van der Waals surface area (Å²) in [5.41, 5.74) is 1.11. The summed E-state index contributed by atoms with van der Waals surface area (Å²) in [5.74, 6) is -0.165. The van der Waals surface area contributed by atoms with E-state index in [1.165, 1.54) is 50.7 Å². The molecular weight excluding hydrogens is 251 g/mol. The topological polar surface area (TPSA) is 15.3 Å². The van der Waals surface area contributed by atoms with Crippen LogP contribution in [0.3, 0.4) is 0 Å². The van der Waals surface area contributed by atoms with Gasteiger partial charge in [0.1, 0.15) is 5.82 Å². The standard InChI is InChI=1S/C17H27FN2/c1-2-20(17-11-9-15(18)10-12-17)14-13-19-16-7-5-3-4-6-8-16/h9-12,16,19H,2-8,13-14H2,1H3. The predicted octanol–water partition coefficient (Wildman–Crippen LogP) is 3.96. The molecule has 0 spiro atoms. The third-order valence-corrected chi connectivity index (χ3v) is 4.24. The average Bonchev–Trinajstić information content (AvgIpc) is 2.74. The van der Waals surface area contributed by atoms with Crippen molar-refractivity contribution in [3.8, 4) is 0 Å². The van der Waals surface area contributed by atoms with Crippen LogP contribution in [0.4, 0.5) is 10.1 Å². The van der Waals surface area contributed by atoms with Gasteiger partial charge in [-0.15, -0.1) is 0 Å². The van der Waals surface area contributed by atoms with E-state index in [-0.39, 0.29) is 5.82 Å². The molecule has 0 heterocycles. The number of likely N-dealkylation sites (N-methyl/N-ethyl adjacent to an activating group) is 1. The van der Waals surface area contributed by atoms with Crippen molar-refractivity contribution in [3.05, 3.63) is 30.1 Å². The lowest BCUT2D eigenvalue weighted by molar-refractivity contribution is 0.462. The monoisotopic (exact) mass is 278 g/mol. The number of nitrogens with one attached hydrogen (secondary N) is 1. The second-order valence-corrected chi connectivity index (χ2v) is 5.70. The number of hydrogen-bond donors (Lipinski definition) is 1. The summed E-state index contributed by atoms with van der Waals surface area (Å²) in [6.07, 6.45) is 8.18. The van der Waals surface area contributed by atoms with Gasteiger partial charge in [0.15, 0.2) is 0 Å². The smallest absolute Gasteiger partial charge is 0.123 e. The second kappa shape index (κ2) is 8.25. The summed E-state index contributed by atoms with van der Waals surface area (Å²) in [5, 5.41) is 3.69. The fraction of sp³-hybridized carbons (Fsp3) is 0.647. The maximum absolute atomic E-state index is 13.0. The van der Waals surface area contributed by atoms with Crippen LogP contribution in [0.2, 0.25) is 0 Å². The highest BCUT2D eigenvalue weighted by molar-refractivity contribution is 5.46. The SMILES string of the molecule is CCN(CCNC1CCCCCC1)c1ccc(F)cc1. The lowest BCUT2D eigenvalue weighted by atomic mass is 10.1. The fourth-order valence-electron chi connectivity index (χ4n) is 3.01. The molecular formula is C17H27FN2. The zero-order chi connectivity index (χ0) is 14.2. The highest BCUT2D eigenvalue weighted by atomic mass is 19.1. The highest BCUT2D eigenvalue weighted by Gasteiger charge is 2.11. The molecule has 3 heteroatoms. The maximum Gasteiger partial charge on any atom is 0.123 e. The van der Waals surface area contributed by atoms with Gasteiger partial charge in [-0.2, -0.15) is 0 Å². The van der Waals surface area contributed by atoms with Crippen LogP contribution >= 0.6 is 0 Å². The van der Waals surface area contributed by atoms with Crippen molar-refractivity contribution in [1.82, 2.24) is 5.32 Å². The molecule has 0 aromatic heterocycles. The number of benzene rings is 1. The van der Waals surface area contributed by atoms with Crippen LogP contribution in [0, 0.1) is 5.82 Å². The zero-order valence-electron chi connectivity index (χ0n) is 12.6. The van der Waals surface area contributed by atoms with Crippen molar-refractivity contribution < 1.29 is 4.39 Å². The summed E-state index contributed by atoms with van der Waals surface area (Å²) in [6, 6.07) is 7.51. The molecule has 0 radical (unpaired) electrons. The first-order valence-electron chi connectivity index (χ1n) is 8.03. The molecule has 112 valence electrons. The van der Waals surface area contributed by atoms with Gasteiger partial charge in [0.25, 0.3) is 0 Å². The number of nitrogens with zero attached hydrogens (tertiary/aromatic N) is 1. The Morgan fingerprint density at radius 1 is 1.10 bits per heavy atom. The molecule has 1 fully saturated rings. The van der Waals surface area contributed by atoms with Gasteiger partial charge in [0.2, 0.25) is 0 Å². The fourth-order valence-corrected chi connectivity index (χ4v) is 3.01. The van der Waals surface area contributed by atoms with E-state index in [1.54, 1.807) is 0 Å². The van der Waals surface area contributed by atoms with Crippen molar-refractivity contribution in [2.75, 3.05) is 24.5 Å². The molecule has 20 heavy (non-hydrogen) atoms. The molecule has 1 aromatic rings. The van der Waals surface area contributed by atoms with Gasteiger partial charge in [-0.1, -0.05) is 25.7 Å². The Hall–Kier alpha value is -1.09. The van der Waals surface area contributed by atoms with Gasteiger partial charge >= 0.3 is 0 Å². The molecule has 0 aliphatic heterocycles. The van der Waals surface area contributed by atoms with Crippen molar-refractivity contribution in [3.63, 3.8) is 0 Å². The first kappa shape index (κ1) is 15.3. The van der Waals surface area contributed by atoms with Gasteiger partial charge in [0.05, 0.1) is 0 Å². The summed E-state index contributed by atoms with van der Waals surface area (Å²) in [7, 11) is 0. The van der Waals surface area contributed by atoms with Crippen LogP contribution in [-0.4, -0.2) is 25.7 Å². The molecule has 1 saturated carbocycles. The van der Waals surface area contributed by atoms with E-state index in [0.717, 1.165) is 25.3 Å². The zero-order valence-corrected chi connectivity index (χ0v) is 12.6. The van der Waals surface area contributed by atoms with Gasteiger partial charge in [0, 0.05) is 31.4 Å². The normalized spacial score (nSPS) is 16.9. The van der Waals surface area contributed by atoms with E-state index in [1.807, 2.05) is 12.1 Å². The van der Waals surface area contributed by atoms with Crippen LogP contribution in [-0.2, 0) is 0 Å². The first-order valence-corrected chi connectivity index (χ1v) is 8.03. The van der Waals surface area contributed by atoms with Crippen LogP contribution in [0.15, 0.2) is 24.3 Å². The Morgan fingerprint density at radius 3 is 2.35 bits per heavy atom. The largest absolute Gasteiger partial charge is 0.371 e. The molecule has 1 aromatic carbocycles. The lowest BCUT2D eigenvalue weighted by Gasteiger charge is -2.25. The minimum atomic E-state index is -0.165. The quantitative estimate of drug-likeness (QED) is 0.792. The van der Waals surface area contributed by atoms with E-state index in [9.17, 15) is 4.39 Å². The molecule has 1 aliphatic rings. The summed E-state index contributed by atoms with van der Waals surface area (Å²) in [6.45, 7) is 5.10. The van der Waals surface area contributed by atoms with E-state index in [0.29, 0.717) is 6.04 Å². The summed E-state index contributed by atoms with van der Waals surface area (Å²) >= 11 is 0. The van der Waals surface area contributed by atoms with Crippen LogP contribution < -0.4 is 10.2 Å². The third-order valence-electron chi connectivity index (χ3n) is 4.24. The van der Waals surface area contributed by atoms with E-state index >= 15 is 0 Å². The lowest BCUT2D eigenvalue weighted by Crippen LogP contribution is -2.37. The molecule has 2 nitrogen and oxygen atoms in total. The minimum absolute atomic E-state index is 0.165. The van der Waals surface area contributed by atoms with Crippen molar-refractivity contribution in [2.24, 2.45) is 0 Å². The van der Waals surface area contributed by atoms with Gasteiger partial charge in [-0.3, -0.25) is 0 Å². The van der Waals surface area contributed by atoms with Crippen LogP contribution in [0.1, 0.15) is 45.4 Å². The Labute approximate surface area is 122 Å². The molecule has 0 saturated heterocycles. The maximum atomic E-state index is 13.0. The molecule has 0 bridgehead atoms. The molecule has 1 aliphatic carbocycles. The van der Waals surface area contributed by atoms with Crippen LogP contribution in [0.5, 0.6) is 0 Å². The molecule has 0 unspecified atom stereocenters. The predicted molar refractivity (Wildman–Crippen MR) is 83.8 cm³/mol. The Bertz CT molecular complexity index is 369. The van der Waals surface area contributed by atoms with E-state index < -0.39 is 0 Å². The first-order chi connectivity index (χ1) is 9.79. The summed E-state index contributed by atoms with van der Waals surface area (Å²) in [4.78, 5) is 2.29. The number of rotatable bonds is 6. The van der Waals surface area contributed by atoms with Gasteiger partial charge < -0.3 is 10.2 Å². The molecule has 0 atom stereocenters. The van der Waals surface area contributed by atoms with E-state index in [2.05, 4.69) is 17.1 Å². The molecule has 2 rings (SSSR count). The molecule has 1 N–H and O–H groups in total. The average molecular weight is 278 g/mol.